The lowest BCUT2D eigenvalue weighted by Gasteiger charge is -2.34. The lowest BCUT2D eigenvalue weighted by Crippen LogP contribution is -2.43. The van der Waals surface area contributed by atoms with Crippen LogP contribution in [0.1, 0.15) is 17.7 Å². The SMILES string of the molecule is Cc1cc(C(F)(F)F)cc(N2CCO[C@@H](CCN)C2)n1. The van der Waals surface area contributed by atoms with E-state index < -0.39 is 11.7 Å². The Hall–Kier alpha value is -1.34. The van der Waals surface area contributed by atoms with E-state index >= 15 is 0 Å². The molecule has 112 valence electrons. The molecule has 1 saturated heterocycles. The van der Waals surface area contributed by atoms with Gasteiger partial charge in [0.1, 0.15) is 5.82 Å². The van der Waals surface area contributed by atoms with Crippen LogP contribution in [0.3, 0.4) is 0 Å². The van der Waals surface area contributed by atoms with Crippen LogP contribution in [0.2, 0.25) is 0 Å². The summed E-state index contributed by atoms with van der Waals surface area (Å²) < 4.78 is 44.0. The number of rotatable bonds is 3. The van der Waals surface area contributed by atoms with Gasteiger partial charge in [-0.1, -0.05) is 0 Å². The Morgan fingerprint density at radius 2 is 2.20 bits per heavy atom. The minimum Gasteiger partial charge on any atom is -0.374 e. The van der Waals surface area contributed by atoms with Gasteiger partial charge in [0.15, 0.2) is 0 Å². The van der Waals surface area contributed by atoms with Gasteiger partial charge in [-0.05, 0) is 32.0 Å². The van der Waals surface area contributed by atoms with Crippen molar-refractivity contribution in [2.45, 2.75) is 25.6 Å². The summed E-state index contributed by atoms with van der Waals surface area (Å²) in [5, 5.41) is 0. The van der Waals surface area contributed by atoms with Gasteiger partial charge >= 0.3 is 6.18 Å². The fourth-order valence-electron chi connectivity index (χ4n) is 2.26. The molecule has 1 fully saturated rings. The van der Waals surface area contributed by atoms with Crippen LogP contribution in [0, 0.1) is 6.92 Å². The standard InChI is InChI=1S/C13H18F3N3O/c1-9-6-10(13(14,15)16)7-12(18-9)19-4-5-20-11(8-19)2-3-17/h6-7,11H,2-5,8,17H2,1H3/t11-/m0/s1. The minimum absolute atomic E-state index is 0.0506. The van der Waals surface area contributed by atoms with E-state index in [2.05, 4.69) is 4.98 Å². The van der Waals surface area contributed by atoms with E-state index in [-0.39, 0.29) is 6.10 Å². The van der Waals surface area contributed by atoms with Crippen molar-refractivity contribution in [2.75, 3.05) is 31.1 Å². The van der Waals surface area contributed by atoms with E-state index in [1.54, 1.807) is 6.92 Å². The summed E-state index contributed by atoms with van der Waals surface area (Å²) >= 11 is 0. The van der Waals surface area contributed by atoms with Crippen molar-refractivity contribution in [3.63, 3.8) is 0 Å². The average molecular weight is 289 g/mol. The normalized spacial score (nSPS) is 20.2. The van der Waals surface area contributed by atoms with E-state index in [9.17, 15) is 13.2 Å². The minimum atomic E-state index is -4.36. The molecule has 0 saturated carbocycles. The number of ether oxygens (including phenoxy) is 1. The van der Waals surface area contributed by atoms with Crippen molar-refractivity contribution in [2.24, 2.45) is 5.73 Å². The van der Waals surface area contributed by atoms with Crippen LogP contribution < -0.4 is 10.6 Å². The highest BCUT2D eigenvalue weighted by Gasteiger charge is 2.32. The maximum Gasteiger partial charge on any atom is 0.416 e. The summed E-state index contributed by atoms with van der Waals surface area (Å²) in [5.74, 6) is 0.350. The van der Waals surface area contributed by atoms with Gasteiger partial charge < -0.3 is 15.4 Å². The van der Waals surface area contributed by atoms with Crippen molar-refractivity contribution in [3.8, 4) is 0 Å². The molecular formula is C13H18F3N3O. The number of aromatic nitrogens is 1. The Labute approximate surface area is 115 Å². The van der Waals surface area contributed by atoms with Crippen LogP contribution in [-0.2, 0) is 10.9 Å². The number of halogens is 3. The zero-order chi connectivity index (χ0) is 14.8. The molecule has 0 aromatic carbocycles. The predicted octanol–water partition coefficient (Wildman–Crippen LogP) is 1.96. The first kappa shape index (κ1) is 15.1. The quantitative estimate of drug-likeness (QED) is 0.924. The number of anilines is 1. The Bertz CT molecular complexity index is 463. The molecule has 4 nitrogen and oxygen atoms in total. The number of morpholine rings is 1. The topological polar surface area (TPSA) is 51.4 Å². The zero-order valence-electron chi connectivity index (χ0n) is 11.3. The van der Waals surface area contributed by atoms with Gasteiger partial charge in [0.25, 0.3) is 0 Å². The molecule has 2 rings (SSSR count). The molecular weight excluding hydrogens is 271 g/mol. The van der Waals surface area contributed by atoms with Gasteiger partial charge in [-0.25, -0.2) is 4.98 Å². The molecule has 0 unspecified atom stereocenters. The highest BCUT2D eigenvalue weighted by atomic mass is 19.4. The molecule has 0 radical (unpaired) electrons. The second-order valence-electron chi connectivity index (χ2n) is 4.87. The van der Waals surface area contributed by atoms with Gasteiger partial charge in [-0.2, -0.15) is 13.2 Å². The highest BCUT2D eigenvalue weighted by Crippen LogP contribution is 2.32. The van der Waals surface area contributed by atoms with Gasteiger partial charge in [-0.3, -0.25) is 0 Å². The molecule has 0 bridgehead atoms. The third-order valence-corrected chi connectivity index (χ3v) is 3.22. The predicted molar refractivity (Wildman–Crippen MR) is 69.6 cm³/mol. The van der Waals surface area contributed by atoms with Crippen LogP contribution in [0.25, 0.3) is 0 Å². The molecule has 0 spiro atoms. The second-order valence-corrected chi connectivity index (χ2v) is 4.87. The molecule has 0 amide bonds. The third-order valence-electron chi connectivity index (χ3n) is 3.22. The zero-order valence-corrected chi connectivity index (χ0v) is 11.3. The second kappa shape index (κ2) is 5.97. The van der Waals surface area contributed by atoms with Crippen molar-refractivity contribution < 1.29 is 17.9 Å². The van der Waals surface area contributed by atoms with E-state index in [1.165, 1.54) is 0 Å². The summed E-state index contributed by atoms with van der Waals surface area (Å²) in [4.78, 5) is 6.03. The molecule has 1 aliphatic heterocycles. The maximum absolute atomic E-state index is 12.8. The number of hydrogen-bond acceptors (Lipinski definition) is 4. The lowest BCUT2D eigenvalue weighted by molar-refractivity contribution is -0.137. The summed E-state index contributed by atoms with van der Waals surface area (Å²) in [6.07, 6.45) is -3.72. The van der Waals surface area contributed by atoms with Crippen LogP contribution in [0.4, 0.5) is 19.0 Å². The average Bonchev–Trinajstić information content (AvgIpc) is 2.38. The number of hydrogen-bond donors (Lipinski definition) is 1. The first-order valence-electron chi connectivity index (χ1n) is 6.52. The largest absolute Gasteiger partial charge is 0.416 e. The van der Waals surface area contributed by atoms with Crippen molar-refractivity contribution in [1.29, 1.82) is 0 Å². The molecule has 7 heteroatoms. The Morgan fingerprint density at radius 1 is 1.45 bits per heavy atom. The summed E-state index contributed by atoms with van der Waals surface area (Å²) in [5.41, 5.74) is 5.18. The molecule has 2 heterocycles. The molecule has 1 atom stereocenters. The molecule has 2 N–H and O–H groups in total. The van der Waals surface area contributed by atoms with E-state index in [0.29, 0.717) is 44.2 Å². The van der Waals surface area contributed by atoms with Crippen LogP contribution in [0.5, 0.6) is 0 Å². The molecule has 1 aromatic rings. The van der Waals surface area contributed by atoms with Gasteiger partial charge in [0, 0.05) is 18.8 Å². The van der Waals surface area contributed by atoms with Crippen LogP contribution >= 0.6 is 0 Å². The van der Waals surface area contributed by atoms with Gasteiger partial charge in [0.2, 0.25) is 0 Å². The molecule has 1 aromatic heterocycles. The number of nitrogens with two attached hydrogens (primary N) is 1. The Morgan fingerprint density at radius 3 is 2.85 bits per heavy atom. The fraction of sp³-hybridized carbons (Fsp3) is 0.615. The van der Waals surface area contributed by atoms with E-state index in [1.807, 2.05) is 4.90 Å². The monoisotopic (exact) mass is 289 g/mol. The van der Waals surface area contributed by atoms with Crippen molar-refractivity contribution >= 4 is 5.82 Å². The molecule has 20 heavy (non-hydrogen) atoms. The fourth-order valence-corrected chi connectivity index (χ4v) is 2.26. The molecule has 0 aliphatic carbocycles. The van der Waals surface area contributed by atoms with Crippen molar-refractivity contribution in [1.82, 2.24) is 4.98 Å². The lowest BCUT2D eigenvalue weighted by atomic mass is 10.1. The number of pyridine rings is 1. The van der Waals surface area contributed by atoms with E-state index in [4.69, 9.17) is 10.5 Å². The van der Waals surface area contributed by atoms with E-state index in [0.717, 1.165) is 12.1 Å². The summed E-state index contributed by atoms with van der Waals surface area (Å²) in [6, 6.07) is 2.15. The van der Waals surface area contributed by atoms with Gasteiger partial charge in [0.05, 0.1) is 18.3 Å². The summed E-state index contributed by atoms with van der Waals surface area (Å²) in [7, 11) is 0. The number of aryl methyl sites for hydroxylation is 1. The highest BCUT2D eigenvalue weighted by molar-refractivity contribution is 5.44. The van der Waals surface area contributed by atoms with Gasteiger partial charge in [-0.15, -0.1) is 0 Å². The van der Waals surface area contributed by atoms with Crippen LogP contribution in [0.15, 0.2) is 12.1 Å². The smallest absolute Gasteiger partial charge is 0.374 e. The van der Waals surface area contributed by atoms with Crippen LogP contribution in [-0.4, -0.2) is 37.3 Å². The first-order valence-corrected chi connectivity index (χ1v) is 6.52. The van der Waals surface area contributed by atoms with Crippen molar-refractivity contribution in [3.05, 3.63) is 23.4 Å². The maximum atomic E-state index is 12.8. The Kier molecular flexibility index (Phi) is 4.49. The Balaban J connectivity index is 2.21. The third kappa shape index (κ3) is 3.61. The number of nitrogens with zero attached hydrogens (tertiary/aromatic N) is 2. The first-order chi connectivity index (χ1) is 9.40. The number of alkyl halides is 3. The molecule has 1 aliphatic rings. The summed E-state index contributed by atoms with van der Waals surface area (Å²) in [6.45, 7) is 3.59.